The highest BCUT2D eigenvalue weighted by Gasteiger charge is 2.01. The second-order valence-electron chi connectivity index (χ2n) is 3.27. The minimum Gasteiger partial charge on any atom is -0.396 e. The van der Waals surface area contributed by atoms with Crippen molar-refractivity contribution in [3.63, 3.8) is 0 Å². The number of hydrogen-bond donors (Lipinski definition) is 2. The van der Waals surface area contributed by atoms with Gasteiger partial charge in [-0.25, -0.2) is 9.97 Å². The summed E-state index contributed by atoms with van der Waals surface area (Å²) >= 11 is 7.32. The first-order chi connectivity index (χ1) is 7.76. The summed E-state index contributed by atoms with van der Waals surface area (Å²) in [7, 11) is 0. The van der Waals surface area contributed by atoms with Gasteiger partial charge >= 0.3 is 0 Å². The Kier molecular flexibility index (Phi) is 6.52. The third-order valence-corrected chi connectivity index (χ3v) is 2.74. The standard InChI is InChI=1S/C10H16ClN3OS/c1-16-10-13-8(11)7-9(14-10)12-5-3-2-4-6-15/h7,15H,2-6H2,1H3,(H,12,13,14). The fourth-order valence-electron chi connectivity index (χ4n) is 1.21. The number of halogens is 1. The van der Waals surface area contributed by atoms with Crippen LogP contribution in [-0.2, 0) is 0 Å². The van der Waals surface area contributed by atoms with Crippen molar-refractivity contribution in [1.29, 1.82) is 0 Å². The molecule has 4 nitrogen and oxygen atoms in total. The third-order valence-electron chi connectivity index (χ3n) is 2.00. The Bertz CT molecular complexity index is 325. The van der Waals surface area contributed by atoms with Crippen molar-refractivity contribution in [3.8, 4) is 0 Å². The lowest BCUT2D eigenvalue weighted by Crippen LogP contribution is -2.04. The van der Waals surface area contributed by atoms with Crippen molar-refractivity contribution in [2.45, 2.75) is 24.4 Å². The molecule has 1 aromatic rings. The minimum absolute atomic E-state index is 0.260. The van der Waals surface area contributed by atoms with E-state index in [0.29, 0.717) is 10.3 Å². The fraction of sp³-hybridized carbons (Fsp3) is 0.600. The molecule has 0 saturated heterocycles. The van der Waals surface area contributed by atoms with Crippen LogP contribution in [0.1, 0.15) is 19.3 Å². The molecule has 0 amide bonds. The molecule has 0 aliphatic rings. The SMILES string of the molecule is CSc1nc(Cl)cc(NCCCCCO)n1. The molecule has 0 radical (unpaired) electrons. The highest BCUT2D eigenvalue weighted by Crippen LogP contribution is 2.17. The lowest BCUT2D eigenvalue weighted by molar-refractivity contribution is 0.283. The van der Waals surface area contributed by atoms with Crippen LogP contribution in [0.4, 0.5) is 5.82 Å². The molecular weight excluding hydrogens is 246 g/mol. The number of aliphatic hydroxyl groups is 1. The molecule has 0 unspecified atom stereocenters. The number of aromatic nitrogens is 2. The highest BCUT2D eigenvalue weighted by atomic mass is 35.5. The molecule has 1 heterocycles. The minimum atomic E-state index is 0.260. The molecule has 90 valence electrons. The number of rotatable bonds is 7. The second-order valence-corrected chi connectivity index (χ2v) is 4.43. The predicted molar refractivity (Wildman–Crippen MR) is 68.2 cm³/mol. The van der Waals surface area contributed by atoms with E-state index in [1.807, 2.05) is 6.26 Å². The molecule has 0 aliphatic carbocycles. The van der Waals surface area contributed by atoms with Crippen LogP contribution in [0.3, 0.4) is 0 Å². The van der Waals surface area contributed by atoms with Crippen LogP contribution in [0.15, 0.2) is 11.2 Å². The van der Waals surface area contributed by atoms with Crippen LogP contribution in [0.2, 0.25) is 5.15 Å². The second kappa shape index (κ2) is 7.70. The number of hydrogen-bond acceptors (Lipinski definition) is 5. The number of nitrogens with zero attached hydrogens (tertiary/aromatic N) is 2. The average molecular weight is 262 g/mol. The molecule has 0 fully saturated rings. The Labute approximate surface area is 105 Å². The molecule has 0 bridgehead atoms. The van der Waals surface area contributed by atoms with E-state index in [4.69, 9.17) is 16.7 Å². The van der Waals surface area contributed by atoms with E-state index in [2.05, 4.69) is 15.3 Å². The van der Waals surface area contributed by atoms with Gasteiger partial charge in [0.25, 0.3) is 0 Å². The Balaban J connectivity index is 2.38. The maximum atomic E-state index is 8.63. The van der Waals surface area contributed by atoms with Gasteiger partial charge < -0.3 is 10.4 Å². The molecule has 0 spiro atoms. The van der Waals surface area contributed by atoms with Gasteiger partial charge in [0, 0.05) is 19.2 Å². The van der Waals surface area contributed by atoms with Crippen molar-refractivity contribution in [2.75, 3.05) is 24.7 Å². The predicted octanol–water partition coefficient (Wildman–Crippen LogP) is 2.43. The summed E-state index contributed by atoms with van der Waals surface area (Å²) in [5.41, 5.74) is 0. The van der Waals surface area contributed by atoms with E-state index in [1.54, 1.807) is 6.07 Å². The molecule has 0 saturated carbocycles. The van der Waals surface area contributed by atoms with E-state index in [1.165, 1.54) is 11.8 Å². The van der Waals surface area contributed by atoms with Gasteiger partial charge in [0.2, 0.25) is 0 Å². The number of anilines is 1. The normalized spacial score (nSPS) is 10.4. The van der Waals surface area contributed by atoms with E-state index < -0.39 is 0 Å². The number of thioether (sulfide) groups is 1. The molecule has 0 aliphatic heterocycles. The molecule has 6 heteroatoms. The van der Waals surface area contributed by atoms with E-state index in [9.17, 15) is 0 Å². The smallest absolute Gasteiger partial charge is 0.190 e. The molecule has 1 aromatic heterocycles. The maximum Gasteiger partial charge on any atom is 0.190 e. The van der Waals surface area contributed by atoms with E-state index in [-0.39, 0.29) is 6.61 Å². The van der Waals surface area contributed by atoms with Crippen molar-refractivity contribution < 1.29 is 5.11 Å². The quantitative estimate of drug-likeness (QED) is 0.342. The largest absolute Gasteiger partial charge is 0.396 e. The van der Waals surface area contributed by atoms with Gasteiger partial charge in [-0.05, 0) is 25.5 Å². The number of nitrogens with one attached hydrogen (secondary N) is 1. The summed E-state index contributed by atoms with van der Waals surface area (Å²) in [5, 5.41) is 12.9. The Hall–Kier alpha value is -0.520. The summed E-state index contributed by atoms with van der Waals surface area (Å²) in [6, 6.07) is 1.72. The zero-order valence-corrected chi connectivity index (χ0v) is 10.8. The lowest BCUT2D eigenvalue weighted by Gasteiger charge is -2.06. The lowest BCUT2D eigenvalue weighted by atomic mass is 10.2. The van der Waals surface area contributed by atoms with Crippen LogP contribution in [-0.4, -0.2) is 34.5 Å². The number of aliphatic hydroxyl groups excluding tert-OH is 1. The van der Waals surface area contributed by atoms with Gasteiger partial charge in [0.15, 0.2) is 5.16 Å². The van der Waals surface area contributed by atoms with Crippen molar-refractivity contribution in [1.82, 2.24) is 9.97 Å². The summed E-state index contributed by atoms with van der Waals surface area (Å²) < 4.78 is 0. The zero-order chi connectivity index (χ0) is 11.8. The molecule has 2 N–H and O–H groups in total. The topological polar surface area (TPSA) is 58.0 Å². The van der Waals surface area contributed by atoms with Crippen LogP contribution >= 0.6 is 23.4 Å². The zero-order valence-electron chi connectivity index (χ0n) is 9.24. The van der Waals surface area contributed by atoms with Crippen molar-refractivity contribution in [3.05, 3.63) is 11.2 Å². The first-order valence-corrected chi connectivity index (χ1v) is 6.80. The fourth-order valence-corrected chi connectivity index (χ4v) is 1.82. The van der Waals surface area contributed by atoms with Gasteiger partial charge in [-0.3, -0.25) is 0 Å². The van der Waals surface area contributed by atoms with Gasteiger partial charge in [-0.15, -0.1) is 0 Å². The Morgan fingerprint density at radius 2 is 2.19 bits per heavy atom. The third kappa shape index (κ3) is 5.01. The van der Waals surface area contributed by atoms with E-state index in [0.717, 1.165) is 31.6 Å². The van der Waals surface area contributed by atoms with Crippen LogP contribution in [0.5, 0.6) is 0 Å². The Morgan fingerprint density at radius 1 is 1.38 bits per heavy atom. The van der Waals surface area contributed by atoms with Gasteiger partial charge in [-0.2, -0.15) is 0 Å². The summed E-state index contributed by atoms with van der Waals surface area (Å²) in [5.74, 6) is 0.758. The maximum absolute atomic E-state index is 8.63. The van der Waals surface area contributed by atoms with Crippen molar-refractivity contribution >= 4 is 29.2 Å². The molecule has 0 aromatic carbocycles. The molecule has 1 rings (SSSR count). The van der Waals surface area contributed by atoms with Crippen LogP contribution in [0, 0.1) is 0 Å². The first kappa shape index (κ1) is 13.5. The van der Waals surface area contributed by atoms with Crippen molar-refractivity contribution in [2.24, 2.45) is 0 Å². The summed E-state index contributed by atoms with van der Waals surface area (Å²) in [6.07, 6.45) is 4.79. The number of unbranched alkanes of at least 4 members (excludes halogenated alkanes) is 2. The van der Waals surface area contributed by atoms with Crippen LogP contribution in [0.25, 0.3) is 0 Å². The van der Waals surface area contributed by atoms with Gasteiger partial charge in [0.1, 0.15) is 11.0 Å². The van der Waals surface area contributed by atoms with E-state index >= 15 is 0 Å². The summed E-state index contributed by atoms with van der Waals surface area (Å²) in [4.78, 5) is 8.33. The highest BCUT2D eigenvalue weighted by molar-refractivity contribution is 7.98. The molecule has 0 atom stereocenters. The van der Waals surface area contributed by atoms with Gasteiger partial charge in [0.05, 0.1) is 0 Å². The molecular formula is C10H16ClN3OS. The average Bonchev–Trinajstić information content (AvgIpc) is 2.28. The van der Waals surface area contributed by atoms with Crippen LogP contribution < -0.4 is 5.32 Å². The van der Waals surface area contributed by atoms with Gasteiger partial charge in [-0.1, -0.05) is 23.4 Å². The first-order valence-electron chi connectivity index (χ1n) is 5.19. The monoisotopic (exact) mass is 261 g/mol. The Morgan fingerprint density at radius 3 is 2.88 bits per heavy atom. The summed E-state index contributed by atoms with van der Waals surface area (Å²) in [6.45, 7) is 1.09. The molecule has 16 heavy (non-hydrogen) atoms.